The maximum atomic E-state index is 3.37. The van der Waals surface area contributed by atoms with Gasteiger partial charge in [-0.15, -0.1) is 11.3 Å². The molecule has 0 fully saturated rings. The second-order valence-electron chi connectivity index (χ2n) is 6.97. The maximum absolute atomic E-state index is 3.37. The molecule has 1 aromatic heterocycles. The molecule has 0 nitrogen and oxygen atoms in total. The molecule has 0 aliphatic heterocycles. The van der Waals surface area contributed by atoms with Crippen LogP contribution in [0.3, 0.4) is 0 Å². The van der Waals surface area contributed by atoms with E-state index < -0.39 is 0 Å². The van der Waals surface area contributed by atoms with E-state index in [0.29, 0.717) is 5.92 Å². The Morgan fingerprint density at radius 1 is 1.15 bits per heavy atom. The van der Waals surface area contributed by atoms with Crippen LogP contribution in [0.4, 0.5) is 0 Å². The second kappa shape index (κ2) is 7.89. The van der Waals surface area contributed by atoms with Crippen LogP contribution in [-0.2, 0) is 6.42 Å². The van der Waals surface area contributed by atoms with Crippen molar-refractivity contribution in [3.05, 3.63) is 21.4 Å². The Morgan fingerprint density at radius 3 is 2.40 bits per heavy atom. The summed E-state index contributed by atoms with van der Waals surface area (Å²) in [4.78, 5) is 2.79. The van der Waals surface area contributed by atoms with Gasteiger partial charge < -0.3 is 0 Å². The molecular formula is C19H30S. The highest BCUT2D eigenvalue weighted by molar-refractivity contribution is 7.12. The molecular weight excluding hydrogens is 260 g/mol. The summed E-state index contributed by atoms with van der Waals surface area (Å²) in [7, 11) is 0. The fourth-order valence-electron chi connectivity index (χ4n) is 2.18. The van der Waals surface area contributed by atoms with Crippen molar-refractivity contribution in [2.24, 2.45) is 5.41 Å². The zero-order chi connectivity index (χ0) is 15.2. The Morgan fingerprint density at radius 2 is 1.85 bits per heavy atom. The Bertz CT molecular complexity index is 460. The first-order valence-electron chi connectivity index (χ1n) is 7.99. The molecule has 0 aromatic carbocycles. The average Bonchev–Trinajstić information content (AvgIpc) is 2.75. The van der Waals surface area contributed by atoms with Gasteiger partial charge in [0.1, 0.15) is 0 Å². The van der Waals surface area contributed by atoms with E-state index in [9.17, 15) is 0 Å². The lowest BCUT2D eigenvalue weighted by atomic mass is 9.98. The third-order valence-electron chi connectivity index (χ3n) is 3.23. The van der Waals surface area contributed by atoms with E-state index >= 15 is 0 Å². The third-order valence-corrected chi connectivity index (χ3v) is 4.62. The van der Waals surface area contributed by atoms with Gasteiger partial charge in [0.2, 0.25) is 0 Å². The largest absolute Gasteiger partial charge is 0.131 e. The number of hydrogen-bond acceptors (Lipinski definition) is 1. The first-order valence-corrected chi connectivity index (χ1v) is 8.81. The smallest absolute Gasteiger partial charge is 0.0774 e. The van der Waals surface area contributed by atoms with Gasteiger partial charge in [-0.2, -0.15) is 0 Å². The van der Waals surface area contributed by atoms with Gasteiger partial charge in [0.15, 0.2) is 0 Å². The summed E-state index contributed by atoms with van der Waals surface area (Å²) in [5, 5.41) is 0. The monoisotopic (exact) mass is 290 g/mol. The molecule has 0 spiro atoms. The summed E-state index contributed by atoms with van der Waals surface area (Å²) >= 11 is 1.90. The summed E-state index contributed by atoms with van der Waals surface area (Å²) in [6.07, 6.45) is 6.56. The minimum Gasteiger partial charge on any atom is -0.131 e. The van der Waals surface area contributed by atoms with E-state index in [1.807, 2.05) is 11.3 Å². The van der Waals surface area contributed by atoms with Crippen molar-refractivity contribution in [2.75, 3.05) is 0 Å². The lowest BCUT2D eigenvalue weighted by Gasteiger charge is -2.06. The summed E-state index contributed by atoms with van der Waals surface area (Å²) in [6, 6.07) is 2.34. The van der Waals surface area contributed by atoms with Gasteiger partial charge in [-0.25, -0.2) is 0 Å². The highest BCUT2D eigenvalue weighted by atomic mass is 32.1. The van der Waals surface area contributed by atoms with E-state index in [-0.39, 0.29) is 5.41 Å². The van der Waals surface area contributed by atoms with Crippen LogP contribution in [0.25, 0.3) is 0 Å². The zero-order valence-corrected chi connectivity index (χ0v) is 14.9. The minimum absolute atomic E-state index is 0.0866. The van der Waals surface area contributed by atoms with Crippen LogP contribution in [0.15, 0.2) is 6.07 Å². The predicted molar refractivity (Wildman–Crippen MR) is 92.6 cm³/mol. The van der Waals surface area contributed by atoms with Crippen molar-refractivity contribution in [3.8, 4) is 11.8 Å². The molecule has 1 heteroatoms. The lowest BCUT2D eigenvalue weighted by molar-refractivity contribution is 0.571. The van der Waals surface area contributed by atoms with Crippen LogP contribution in [0.1, 0.15) is 88.5 Å². The van der Waals surface area contributed by atoms with Crippen LogP contribution in [0.5, 0.6) is 0 Å². The average molecular weight is 291 g/mol. The van der Waals surface area contributed by atoms with E-state index in [1.54, 1.807) is 10.4 Å². The van der Waals surface area contributed by atoms with E-state index in [4.69, 9.17) is 0 Å². The highest BCUT2D eigenvalue weighted by Gasteiger charge is 2.11. The molecule has 0 amide bonds. The molecule has 0 saturated carbocycles. The standard InChI is InChI=1S/C19H30S/c1-7-8-9-10-11-16-14-17(12-13-19(4,5)6)20-18(16)15(2)3/h14-15H,7-11H2,1-6H3. The molecule has 0 saturated heterocycles. The fraction of sp³-hybridized carbons (Fsp3) is 0.684. The van der Waals surface area contributed by atoms with E-state index in [2.05, 4.69) is 59.4 Å². The molecule has 0 bridgehead atoms. The van der Waals surface area contributed by atoms with Crippen LogP contribution < -0.4 is 0 Å². The Balaban J connectivity index is 2.81. The van der Waals surface area contributed by atoms with Gasteiger partial charge in [-0.1, -0.05) is 51.9 Å². The number of rotatable bonds is 6. The first kappa shape index (κ1) is 17.3. The number of unbranched alkanes of at least 4 members (excludes halogenated alkanes) is 3. The molecule has 0 N–H and O–H groups in total. The van der Waals surface area contributed by atoms with Gasteiger partial charge in [-0.05, 0) is 51.2 Å². The SMILES string of the molecule is CCCCCCc1cc(C#CC(C)(C)C)sc1C(C)C. The van der Waals surface area contributed by atoms with Crippen molar-refractivity contribution in [2.45, 2.75) is 79.6 Å². The normalized spacial score (nSPS) is 11.6. The first-order chi connectivity index (χ1) is 9.33. The lowest BCUT2D eigenvalue weighted by Crippen LogP contribution is -1.98. The van der Waals surface area contributed by atoms with Crippen molar-refractivity contribution in [1.82, 2.24) is 0 Å². The Kier molecular flexibility index (Phi) is 6.83. The molecule has 112 valence electrons. The van der Waals surface area contributed by atoms with Gasteiger partial charge in [0.05, 0.1) is 4.88 Å². The number of thiophene rings is 1. The highest BCUT2D eigenvalue weighted by Crippen LogP contribution is 2.30. The van der Waals surface area contributed by atoms with Gasteiger partial charge >= 0.3 is 0 Å². The second-order valence-corrected chi connectivity index (χ2v) is 8.05. The molecule has 1 aromatic rings. The minimum atomic E-state index is 0.0866. The van der Waals surface area contributed by atoms with Crippen LogP contribution in [-0.4, -0.2) is 0 Å². The van der Waals surface area contributed by atoms with Crippen molar-refractivity contribution in [3.63, 3.8) is 0 Å². The molecule has 1 rings (SSSR count). The molecule has 1 heterocycles. The summed E-state index contributed by atoms with van der Waals surface area (Å²) in [6.45, 7) is 13.4. The van der Waals surface area contributed by atoms with Gasteiger partial charge in [-0.3, -0.25) is 0 Å². The van der Waals surface area contributed by atoms with Gasteiger partial charge in [0.25, 0.3) is 0 Å². The quantitative estimate of drug-likeness (QED) is 0.420. The molecule has 0 aliphatic carbocycles. The van der Waals surface area contributed by atoms with Crippen LogP contribution in [0.2, 0.25) is 0 Å². The summed E-state index contributed by atoms with van der Waals surface area (Å²) < 4.78 is 0. The molecule has 0 radical (unpaired) electrons. The van der Waals surface area contributed by atoms with Gasteiger partial charge in [0, 0.05) is 10.3 Å². The Hall–Kier alpha value is -0.740. The summed E-state index contributed by atoms with van der Waals surface area (Å²) in [5.41, 5.74) is 1.63. The predicted octanol–water partition coefficient (Wildman–Crippen LogP) is 6.39. The maximum Gasteiger partial charge on any atom is 0.0774 e. The molecule has 20 heavy (non-hydrogen) atoms. The van der Waals surface area contributed by atoms with Crippen LogP contribution in [0, 0.1) is 17.3 Å². The molecule has 0 atom stereocenters. The van der Waals surface area contributed by atoms with Crippen molar-refractivity contribution < 1.29 is 0 Å². The fourth-order valence-corrected chi connectivity index (χ4v) is 3.25. The number of aryl methyl sites for hydroxylation is 1. The number of hydrogen-bond donors (Lipinski definition) is 0. The van der Waals surface area contributed by atoms with E-state index in [0.717, 1.165) is 0 Å². The van der Waals surface area contributed by atoms with Crippen LogP contribution >= 0.6 is 11.3 Å². The topological polar surface area (TPSA) is 0 Å². The molecule has 0 aliphatic rings. The summed E-state index contributed by atoms with van der Waals surface area (Å²) in [5.74, 6) is 7.34. The molecule has 0 unspecified atom stereocenters. The Labute approximate surface area is 130 Å². The van der Waals surface area contributed by atoms with E-state index in [1.165, 1.54) is 37.0 Å². The van der Waals surface area contributed by atoms with Crippen molar-refractivity contribution in [1.29, 1.82) is 0 Å². The third kappa shape index (κ3) is 6.14. The van der Waals surface area contributed by atoms with Crippen molar-refractivity contribution >= 4 is 11.3 Å². The zero-order valence-electron chi connectivity index (χ0n) is 14.1.